The van der Waals surface area contributed by atoms with Crippen LogP contribution < -0.4 is 0 Å². The van der Waals surface area contributed by atoms with Crippen LogP contribution in [0.15, 0.2) is 12.1 Å². The molecular weight excluding hydrogens is 292 g/mol. The Balaban J connectivity index is 1.98. The van der Waals surface area contributed by atoms with Crippen molar-refractivity contribution < 1.29 is 19.4 Å². The molecule has 0 aliphatic heterocycles. The zero-order chi connectivity index (χ0) is 16.6. The topological polar surface area (TPSA) is 63.6 Å². The molecule has 3 aliphatic carbocycles. The van der Waals surface area contributed by atoms with Gasteiger partial charge in [0.05, 0.1) is 13.0 Å². The molecule has 2 saturated carbocycles. The highest BCUT2D eigenvalue weighted by Crippen LogP contribution is 2.71. The van der Waals surface area contributed by atoms with Gasteiger partial charge < -0.3 is 9.84 Å². The third-order valence-electron chi connectivity index (χ3n) is 6.76. The number of hydrogen-bond donors (Lipinski definition) is 1. The number of rotatable bonds is 1. The summed E-state index contributed by atoms with van der Waals surface area (Å²) >= 11 is 0. The lowest BCUT2D eigenvalue weighted by atomic mass is 9.61. The van der Waals surface area contributed by atoms with Crippen LogP contribution in [0.3, 0.4) is 0 Å². The van der Waals surface area contributed by atoms with Crippen molar-refractivity contribution in [1.29, 1.82) is 0 Å². The van der Waals surface area contributed by atoms with E-state index in [1.54, 1.807) is 6.07 Å². The molecular formula is C19H22O4. The molecule has 0 aromatic heterocycles. The van der Waals surface area contributed by atoms with Crippen LogP contribution in [0.4, 0.5) is 0 Å². The highest BCUT2D eigenvalue weighted by atomic mass is 16.5. The van der Waals surface area contributed by atoms with Crippen molar-refractivity contribution in [3.05, 3.63) is 28.8 Å². The van der Waals surface area contributed by atoms with Crippen LogP contribution in [0.5, 0.6) is 5.75 Å². The average molecular weight is 314 g/mol. The summed E-state index contributed by atoms with van der Waals surface area (Å²) in [7, 11) is 1.41. The molecule has 4 atom stereocenters. The summed E-state index contributed by atoms with van der Waals surface area (Å²) in [5.74, 6) is -0.0177. The molecule has 0 amide bonds. The fraction of sp³-hybridized carbons (Fsp3) is 0.579. The SMILES string of the molecule is COC(=O)[C@H]1c2c(ccc(O)c2C)[C@@H]2CC[C@@]3(C)C[C@]21CC3=O. The Bertz CT molecular complexity index is 737. The van der Waals surface area contributed by atoms with E-state index < -0.39 is 5.92 Å². The quantitative estimate of drug-likeness (QED) is 0.809. The Morgan fingerprint density at radius 1 is 1.39 bits per heavy atom. The van der Waals surface area contributed by atoms with Crippen molar-refractivity contribution in [1.82, 2.24) is 0 Å². The van der Waals surface area contributed by atoms with Crippen LogP contribution in [-0.2, 0) is 14.3 Å². The minimum absolute atomic E-state index is 0.208. The molecule has 122 valence electrons. The number of phenols is 1. The minimum atomic E-state index is -0.439. The van der Waals surface area contributed by atoms with Crippen LogP contribution in [0, 0.1) is 17.8 Å². The Labute approximate surface area is 135 Å². The van der Waals surface area contributed by atoms with Gasteiger partial charge in [0.2, 0.25) is 0 Å². The zero-order valence-corrected chi connectivity index (χ0v) is 13.8. The van der Waals surface area contributed by atoms with Crippen LogP contribution in [0.25, 0.3) is 0 Å². The van der Waals surface area contributed by atoms with Gasteiger partial charge in [-0.2, -0.15) is 0 Å². The Kier molecular flexibility index (Phi) is 2.80. The lowest BCUT2D eigenvalue weighted by Gasteiger charge is -2.41. The van der Waals surface area contributed by atoms with Gasteiger partial charge in [-0.05, 0) is 54.9 Å². The third kappa shape index (κ3) is 1.62. The first kappa shape index (κ1) is 14.7. The predicted molar refractivity (Wildman–Crippen MR) is 84.4 cm³/mol. The van der Waals surface area contributed by atoms with E-state index in [0.717, 1.165) is 36.0 Å². The van der Waals surface area contributed by atoms with E-state index in [4.69, 9.17) is 4.74 Å². The van der Waals surface area contributed by atoms with Crippen molar-refractivity contribution in [3.8, 4) is 5.75 Å². The van der Waals surface area contributed by atoms with E-state index in [1.807, 2.05) is 19.9 Å². The van der Waals surface area contributed by atoms with E-state index in [-0.39, 0.29) is 34.2 Å². The standard InChI is InChI=1S/C19H22O4/c1-10-13(20)5-4-11-12-6-7-18(2)9-19(12,8-14(18)21)16(15(10)11)17(22)23-3/h4-5,12,16,20H,6-9H2,1-3H3/t12-,16+,18-,19+/m0/s1. The second-order valence-corrected chi connectivity index (χ2v) is 7.83. The monoisotopic (exact) mass is 314 g/mol. The van der Waals surface area contributed by atoms with Crippen LogP contribution in [-0.4, -0.2) is 24.0 Å². The van der Waals surface area contributed by atoms with E-state index in [0.29, 0.717) is 6.42 Å². The molecule has 2 bridgehead atoms. The number of hydrogen-bond acceptors (Lipinski definition) is 4. The molecule has 3 aliphatic rings. The number of fused-ring (bicyclic) bond motifs is 3. The van der Waals surface area contributed by atoms with Crippen LogP contribution in [0.2, 0.25) is 0 Å². The summed E-state index contributed by atoms with van der Waals surface area (Å²) < 4.78 is 5.12. The first-order chi connectivity index (χ1) is 10.8. The normalized spacial score (nSPS) is 37.4. The molecule has 0 saturated heterocycles. The number of Topliss-reactive ketones (excluding diaryl/α,β-unsaturated/α-hetero) is 1. The molecule has 4 heteroatoms. The molecule has 2 fully saturated rings. The van der Waals surface area contributed by atoms with Crippen molar-refractivity contribution in [3.63, 3.8) is 0 Å². The maximum Gasteiger partial charge on any atom is 0.313 e. The van der Waals surface area contributed by atoms with Crippen LogP contribution in [0.1, 0.15) is 61.1 Å². The molecule has 1 N–H and O–H groups in total. The Hall–Kier alpha value is -1.84. The molecule has 1 spiro atoms. The van der Waals surface area contributed by atoms with Gasteiger partial charge >= 0.3 is 5.97 Å². The van der Waals surface area contributed by atoms with E-state index in [2.05, 4.69) is 0 Å². The summed E-state index contributed by atoms with van der Waals surface area (Å²) in [6.45, 7) is 3.90. The average Bonchev–Trinajstić information content (AvgIpc) is 2.90. The number of carbonyl (C=O) groups excluding carboxylic acids is 2. The fourth-order valence-electron chi connectivity index (χ4n) is 5.68. The number of ketones is 1. The number of carbonyl (C=O) groups is 2. The largest absolute Gasteiger partial charge is 0.508 e. The van der Waals surface area contributed by atoms with Gasteiger partial charge in [0.15, 0.2) is 0 Å². The fourth-order valence-corrected chi connectivity index (χ4v) is 5.68. The summed E-state index contributed by atoms with van der Waals surface area (Å²) in [5.41, 5.74) is 2.12. The van der Waals surface area contributed by atoms with Crippen molar-refractivity contribution in [2.45, 2.75) is 51.4 Å². The molecule has 1 aromatic carbocycles. The van der Waals surface area contributed by atoms with Gasteiger partial charge in [0, 0.05) is 17.3 Å². The van der Waals surface area contributed by atoms with Gasteiger partial charge in [0.25, 0.3) is 0 Å². The summed E-state index contributed by atoms with van der Waals surface area (Å²) in [6, 6.07) is 3.66. The maximum absolute atomic E-state index is 12.7. The smallest absolute Gasteiger partial charge is 0.313 e. The van der Waals surface area contributed by atoms with Gasteiger partial charge in [-0.1, -0.05) is 13.0 Å². The van der Waals surface area contributed by atoms with Crippen molar-refractivity contribution in [2.24, 2.45) is 10.8 Å². The zero-order valence-electron chi connectivity index (χ0n) is 13.8. The number of benzene rings is 1. The van der Waals surface area contributed by atoms with Gasteiger partial charge in [-0.25, -0.2) is 0 Å². The van der Waals surface area contributed by atoms with Gasteiger partial charge in [-0.15, -0.1) is 0 Å². The Morgan fingerprint density at radius 2 is 2.13 bits per heavy atom. The molecule has 4 rings (SSSR count). The molecule has 4 nitrogen and oxygen atoms in total. The van der Waals surface area contributed by atoms with E-state index in [9.17, 15) is 14.7 Å². The van der Waals surface area contributed by atoms with Crippen LogP contribution >= 0.6 is 0 Å². The highest BCUT2D eigenvalue weighted by molar-refractivity contribution is 5.92. The second kappa shape index (κ2) is 4.37. The van der Waals surface area contributed by atoms with Gasteiger partial charge in [0.1, 0.15) is 11.5 Å². The lowest BCUT2D eigenvalue weighted by molar-refractivity contribution is -0.146. The molecule has 0 unspecified atom stereocenters. The maximum atomic E-state index is 12.7. The number of ether oxygens (including phenoxy) is 1. The second-order valence-electron chi connectivity index (χ2n) is 7.83. The van der Waals surface area contributed by atoms with E-state index in [1.165, 1.54) is 7.11 Å². The highest BCUT2D eigenvalue weighted by Gasteiger charge is 2.67. The first-order valence-corrected chi connectivity index (χ1v) is 8.27. The van der Waals surface area contributed by atoms with Crippen molar-refractivity contribution >= 4 is 11.8 Å². The molecule has 23 heavy (non-hydrogen) atoms. The van der Waals surface area contributed by atoms with Gasteiger partial charge in [-0.3, -0.25) is 9.59 Å². The number of aromatic hydroxyl groups is 1. The summed E-state index contributed by atoms with van der Waals surface area (Å²) in [5, 5.41) is 10.1. The van der Waals surface area contributed by atoms with E-state index >= 15 is 0 Å². The predicted octanol–water partition coefficient (Wildman–Crippen LogP) is 3.20. The third-order valence-corrected chi connectivity index (χ3v) is 6.76. The minimum Gasteiger partial charge on any atom is -0.508 e. The molecule has 1 aromatic rings. The Morgan fingerprint density at radius 3 is 2.83 bits per heavy atom. The summed E-state index contributed by atoms with van der Waals surface area (Å²) in [4.78, 5) is 25.3. The number of phenolic OH excluding ortho intramolecular Hbond substituents is 1. The molecule has 0 heterocycles. The number of esters is 1. The number of methoxy groups -OCH3 is 1. The first-order valence-electron chi connectivity index (χ1n) is 8.27. The lowest BCUT2D eigenvalue weighted by Crippen LogP contribution is -2.36. The molecule has 0 radical (unpaired) electrons. The summed E-state index contributed by atoms with van der Waals surface area (Å²) in [6.07, 6.45) is 3.00. The van der Waals surface area contributed by atoms with Crippen molar-refractivity contribution in [2.75, 3.05) is 7.11 Å².